The third kappa shape index (κ3) is 1.69. The van der Waals surface area contributed by atoms with Crippen LogP contribution in [0.4, 0.5) is 0 Å². The second-order valence-corrected chi connectivity index (χ2v) is 2.26. The van der Waals surface area contributed by atoms with Gasteiger partial charge in [0.25, 0.3) is 0 Å². The number of aryl methyl sites for hydroxylation is 1. The summed E-state index contributed by atoms with van der Waals surface area (Å²) in [5, 5.41) is 0. The summed E-state index contributed by atoms with van der Waals surface area (Å²) < 4.78 is 0. The van der Waals surface area contributed by atoms with E-state index in [0.29, 0.717) is 0 Å². The number of nitrogens with zero attached hydrogens (tertiary/aromatic N) is 1. The fourth-order valence-corrected chi connectivity index (χ4v) is 0.861. The molecule has 0 aliphatic heterocycles. The van der Waals surface area contributed by atoms with Gasteiger partial charge in [0.1, 0.15) is 0 Å². The molecule has 0 saturated heterocycles. The number of hydrogen-bond acceptors (Lipinski definition) is 1. The molecule has 1 heterocycles. The Hall–Kier alpha value is -1.11. The molecule has 0 atom stereocenters. The van der Waals surface area contributed by atoms with Gasteiger partial charge in [-0.05, 0) is 19.1 Å². The molecule has 0 unspecified atom stereocenters. The van der Waals surface area contributed by atoms with Gasteiger partial charge < -0.3 is 0 Å². The van der Waals surface area contributed by atoms with Crippen molar-refractivity contribution in [3.63, 3.8) is 0 Å². The Kier molecular flexibility index (Phi) is 2.21. The molecule has 1 aromatic heterocycles. The first-order valence-corrected chi connectivity index (χ1v) is 3.36. The summed E-state index contributed by atoms with van der Waals surface area (Å²) in [7, 11) is 0. The summed E-state index contributed by atoms with van der Waals surface area (Å²) in [6.07, 6.45) is 2.73. The highest BCUT2D eigenvalue weighted by molar-refractivity contribution is 5.11. The average molecular weight is 133 g/mol. The molecule has 52 valence electrons. The highest BCUT2D eigenvalue weighted by Crippen LogP contribution is 1.98. The van der Waals surface area contributed by atoms with Crippen LogP contribution in [0.15, 0.2) is 30.9 Å². The smallest absolute Gasteiger partial charge is 0.0444 e. The van der Waals surface area contributed by atoms with Crippen molar-refractivity contribution in [1.82, 2.24) is 4.98 Å². The van der Waals surface area contributed by atoms with E-state index in [4.69, 9.17) is 0 Å². The Bertz CT molecular complexity index is 228. The van der Waals surface area contributed by atoms with E-state index in [0.717, 1.165) is 17.8 Å². The van der Waals surface area contributed by atoms with Gasteiger partial charge in [-0.15, -0.1) is 6.58 Å². The Labute approximate surface area is 61.4 Å². The van der Waals surface area contributed by atoms with Crippen LogP contribution in [-0.2, 0) is 6.42 Å². The van der Waals surface area contributed by atoms with Crippen LogP contribution >= 0.6 is 0 Å². The van der Waals surface area contributed by atoms with Crippen molar-refractivity contribution in [2.45, 2.75) is 13.3 Å². The lowest BCUT2D eigenvalue weighted by molar-refractivity contribution is 1.06. The molecule has 10 heavy (non-hydrogen) atoms. The standard InChI is InChI=1S/C9H11N/c1-3-5-9-7-4-6-8(2)10-9/h3-4,6-7H,1,5H2,2H3. The summed E-state index contributed by atoms with van der Waals surface area (Å²) in [5.41, 5.74) is 2.16. The van der Waals surface area contributed by atoms with Gasteiger partial charge in [0.05, 0.1) is 0 Å². The van der Waals surface area contributed by atoms with E-state index >= 15 is 0 Å². The van der Waals surface area contributed by atoms with Crippen LogP contribution in [0.1, 0.15) is 11.4 Å². The number of rotatable bonds is 2. The van der Waals surface area contributed by atoms with E-state index in [1.807, 2.05) is 31.2 Å². The first-order chi connectivity index (χ1) is 4.83. The van der Waals surface area contributed by atoms with E-state index in [1.54, 1.807) is 0 Å². The van der Waals surface area contributed by atoms with Gasteiger partial charge >= 0.3 is 0 Å². The molecule has 1 aromatic rings. The predicted molar refractivity (Wildman–Crippen MR) is 42.9 cm³/mol. The Balaban J connectivity index is 2.84. The Morgan fingerprint density at radius 3 is 3.00 bits per heavy atom. The van der Waals surface area contributed by atoms with Gasteiger partial charge in [0.2, 0.25) is 0 Å². The number of allylic oxidation sites excluding steroid dienone is 1. The molecule has 1 rings (SSSR count). The molecule has 0 radical (unpaired) electrons. The van der Waals surface area contributed by atoms with Crippen LogP contribution in [-0.4, -0.2) is 4.98 Å². The molecule has 0 aliphatic carbocycles. The van der Waals surface area contributed by atoms with Crippen molar-refractivity contribution >= 4 is 0 Å². The zero-order chi connectivity index (χ0) is 7.40. The second kappa shape index (κ2) is 3.16. The minimum atomic E-state index is 0.863. The van der Waals surface area contributed by atoms with Crippen LogP contribution in [0.25, 0.3) is 0 Å². The fourth-order valence-electron chi connectivity index (χ4n) is 0.861. The molecule has 0 spiro atoms. The van der Waals surface area contributed by atoms with Crippen LogP contribution in [0.2, 0.25) is 0 Å². The van der Waals surface area contributed by atoms with E-state index in [9.17, 15) is 0 Å². The summed E-state index contributed by atoms with van der Waals surface area (Å²) in [5.74, 6) is 0. The number of hydrogen-bond donors (Lipinski definition) is 0. The molecule has 0 saturated carbocycles. The van der Waals surface area contributed by atoms with Crippen molar-refractivity contribution in [3.8, 4) is 0 Å². The highest BCUT2D eigenvalue weighted by atomic mass is 14.7. The molecule has 0 N–H and O–H groups in total. The highest BCUT2D eigenvalue weighted by Gasteiger charge is 1.88. The van der Waals surface area contributed by atoms with E-state index < -0.39 is 0 Å². The molecule has 1 heteroatoms. The molecular formula is C9H11N. The van der Waals surface area contributed by atoms with Gasteiger partial charge in [-0.2, -0.15) is 0 Å². The molecule has 0 aromatic carbocycles. The van der Waals surface area contributed by atoms with Gasteiger partial charge in [-0.1, -0.05) is 12.1 Å². The van der Waals surface area contributed by atoms with Gasteiger partial charge in [0, 0.05) is 17.8 Å². The third-order valence-corrected chi connectivity index (χ3v) is 1.30. The lowest BCUT2D eigenvalue weighted by atomic mass is 10.2. The number of pyridine rings is 1. The van der Waals surface area contributed by atoms with E-state index in [2.05, 4.69) is 11.6 Å². The monoisotopic (exact) mass is 133 g/mol. The molecule has 0 fully saturated rings. The van der Waals surface area contributed by atoms with Crippen molar-refractivity contribution in [2.75, 3.05) is 0 Å². The normalized spacial score (nSPS) is 9.30. The largest absolute Gasteiger partial charge is 0.258 e. The lowest BCUT2D eigenvalue weighted by Crippen LogP contribution is -1.87. The van der Waals surface area contributed by atoms with E-state index in [1.165, 1.54) is 0 Å². The predicted octanol–water partition coefficient (Wildman–Crippen LogP) is 2.12. The molecule has 1 nitrogen and oxygen atoms in total. The molecule has 0 amide bonds. The summed E-state index contributed by atoms with van der Waals surface area (Å²) in [6, 6.07) is 6.02. The zero-order valence-corrected chi connectivity index (χ0v) is 6.17. The maximum Gasteiger partial charge on any atom is 0.0444 e. The van der Waals surface area contributed by atoms with Crippen molar-refractivity contribution < 1.29 is 0 Å². The second-order valence-electron chi connectivity index (χ2n) is 2.26. The van der Waals surface area contributed by atoms with Crippen LogP contribution in [0.3, 0.4) is 0 Å². The van der Waals surface area contributed by atoms with Gasteiger partial charge in [-0.25, -0.2) is 0 Å². The Morgan fingerprint density at radius 1 is 1.60 bits per heavy atom. The summed E-state index contributed by atoms with van der Waals surface area (Å²) >= 11 is 0. The van der Waals surface area contributed by atoms with Crippen LogP contribution in [0.5, 0.6) is 0 Å². The van der Waals surface area contributed by atoms with Crippen molar-refractivity contribution in [2.24, 2.45) is 0 Å². The first kappa shape index (κ1) is 7.00. The molecular weight excluding hydrogens is 122 g/mol. The summed E-state index contributed by atoms with van der Waals surface area (Å²) in [4.78, 5) is 4.29. The molecule has 0 aliphatic rings. The fraction of sp³-hybridized carbons (Fsp3) is 0.222. The van der Waals surface area contributed by atoms with Gasteiger partial charge in [-0.3, -0.25) is 4.98 Å². The zero-order valence-electron chi connectivity index (χ0n) is 6.17. The first-order valence-electron chi connectivity index (χ1n) is 3.36. The minimum Gasteiger partial charge on any atom is -0.258 e. The van der Waals surface area contributed by atoms with Crippen LogP contribution in [0, 0.1) is 6.92 Å². The third-order valence-electron chi connectivity index (χ3n) is 1.30. The van der Waals surface area contributed by atoms with E-state index in [-0.39, 0.29) is 0 Å². The SMILES string of the molecule is C=CCc1cccc(C)n1. The topological polar surface area (TPSA) is 12.9 Å². The average Bonchev–Trinajstić information content (AvgIpc) is 1.88. The minimum absolute atomic E-state index is 0.863. The quantitative estimate of drug-likeness (QED) is 0.563. The molecule has 0 bridgehead atoms. The lowest BCUT2D eigenvalue weighted by Gasteiger charge is -1.95. The Morgan fingerprint density at radius 2 is 2.40 bits per heavy atom. The maximum atomic E-state index is 4.29. The number of aromatic nitrogens is 1. The van der Waals surface area contributed by atoms with Crippen molar-refractivity contribution in [1.29, 1.82) is 0 Å². The van der Waals surface area contributed by atoms with Crippen molar-refractivity contribution in [3.05, 3.63) is 42.2 Å². The van der Waals surface area contributed by atoms with Crippen LogP contribution < -0.4 is 0 Å². The van der Waals surface area contributed by atoms with Gasteiger partial charge in [0.15, 0.2) is 0 Å². The maximum absolute atomic E-state index is 4.29. The summed E-state index contributed by atoms with van der Waals surface area (Å²) in [6.45, 7) is 5.64.